The highest BCUT2D eigenvalue weighted by atomic mass is 35.5. The third-order valence-corrected chi connectivity index (χ3v) is 8.83. The Morgan fingerprint density at radius 3 is 2.71 bits per heavy atom. The van der Waals surface area contributed by atoms with E-state index in [1.54, 1.807) is 9.47 Å². The van der Waals surface area contributed by atoms with Gasteiger partial charge in [0.1, 0.15) is 24.2 Å². The van der Waals surface area contributed by atoms with Crippen molar-refractivity contribution in [2.45, 2.75) is 30.8 Å². The summed E-state index contributed by atoms with van der Waals surface area (Å²) >= 11 is 7.55. The second-order valence-corrected chi connectivity index (χ2v) is 11.3. The summed E-state index contributed by atoms with van der Waals surface area (Å²) in [5, 5.41) is 0.534. The molecule has 0 aliphatic carbocycles. The number of hydrogen-bond acceptors (Lipinski definition) is 7. The van der Waals surface area contributed by atoms with Crippen LogP contribution in [0.3, 0.4) is 0 Å². The van der Waals surface area contributed by atoms with E-state index in [0.717, 1.165) is 17.0 Å². The second kappa shape index (κ2) is 12.7. The van der Waals surface area contributed by atoms with E-state index < -0.39 is 17.3 Å². The van der Waals surface area contributed by atoms with Crippen molar-refractivity contribution in [1.82, 2.24) is 14.5 Å². The molecule has 2 aliphatic heterocycles. The maximum absolute atomic E-state index is 15.2. The van der Waals surface area contributed by atoms with Gasteiger partial charge in [-0.2, -0.15) is 18.5 Å². The second-order valence-electron chi connectivity index (χ2n) is 9.90. The monoisotopic (exact) mass is 624 g/mol. The Morgan fingerprint density at radius 2 is 2.02 bits per heavy atom. The van der Waals surface area contributed by atoms with E-state index in [0.29, 0.717) is 47.2 Å². The van der Waals surface area contributed by atoms with Crippen molar-refractivity contribution in [3.05, 3.63) is 63.6 Å². The van der Waals surface area contributed by atoms with E-state index in [1.807, 2.05) is 24.8 Å². The number of hydrogen-bond donors (Lipinski definition) is 0. The number of aromatic nitrogens is 2. The zero-order valence-corrected chi connectivity index (χ0v) is 25.5. The molecular weight excluding hydrogens is 594 g/mol. The molecule has 5 rings (SSSR count). The highest BCUT2D eigenvalue weighted by Crippen LogP contribution is 2.47. The molecule has 220 valence electrons. The molecule has 1 fully saturated rings. The van der Waals surface area contributed by atoms with E-state index in [9.17, 15) is 14.0 Å². The van der Waals surface area contributed by atoms with Crippen molar-refractivity contribution in [3.8, 4) is 11.1 Å². The normalized spacial score (nSPS) is 18.4. The smallest absolute Gasteiger partial charge is 0.350 e. The number of amides is 1. The average Bonchev–Trinajstić information content (AvgIpc) is 2.93. The van der Waals surface area contributed by atoms with E-state index in [-0.39, 0.29) is 55.5 Å². The molecule has 2 atom stereocenters. The fourth-order valence-electron chi connectivity index (χ4n) is 5.48. The van der Waals surface area contributed by atoms with Gasteiger partial charge in [0.05, 0.1) is 23.2 Å². The number of ether oxygens (including phenoxy) is 2. The highest BCUT2D eigenvalue weighted by Gasteiger charge is 2.33. The Kier molecular flexibility index (Phi) is 9.70. The predicted molar refractivity (Wildman–Crippen MR) is 163 cm³/mol. The molecule has 2 aliphatic rings. The van der Waals surface area contributed by atoms with Crippen LogP contribution in [0.4, 0.5) is 14.6 Å². The van der Waals surface area contributed by atoms with Crippen LogP contribution in [0.1, 0.15) is 18.5 Å². The number of carbonyl (C=O) groups is 1. The molecule has 0 N–H and O–H groups in total. The van der Waals surface area contributed by atoms with Gasteiger partial charge in [-0.05, 0) is 37.6 Å². The van der Waals surface area contributed by atoms with Crippen LogP contribution < -0.4 is 10.6 Å². The number of thioether (sulfide) groups is 1. The lowest BCUT2D eigenvalue weighted by Gasteiger charge is -2.41. The van der Waals surface area contributed by atoms with Crippen LogP contribution in [0, 0.1) is 18.6 Å². The fraction of sp³-hybridized carbons (Fsp3) is 0.393. The molecule has 0 saturated carbocycles. The number of anilines is 1. The van der Waals surface area contributed by atoms with Gasteiger partial charge in [-0.3, -0.25) is 9.36 Å². The molecule has 3 heterocycles. The van der Waals surface area contributed by atoms with Crippen molar-refractivity contribution < 1.29 is 23.0 Å². The zero-order chi connectivity index (χ0) is 28.7. The summed E-state index contributed by atoms with van der Waals surface area (Å²) < 4.78 is 41.5. The van der Waals surface area contributed by atoms with Crippen molar-refractivity contribution in [1.29, 1.82) is 0 Å². The first kappa shape index (κ1) is 31.3. The summed E-state index contributed by atoms with van der Waals surface area (Å²) in [7, 11) is 1.52. The molecule has 2 aromatic carbocycles. The Morgan fingerprint density at radius 1 is 1.27 bits per heavy atom. The van der Waals surface area contributed by atoms with Crippen molar-refractivity contribution in [2.75, 3.05) is 50.8 Å². The number of rotatable bonds is 7. The van der Waals surface area contributed by atoms with Gasteiger partial charge in [-0.1, -0.05) is 18.2 Å². The minimum atomic E-state index is -0.843. The van der Waals surface area contributed by atoms with Crippen molar-refractivity contribution in [3.63, 3.8) is 0 Å². The maximum Gasteiger partial charge on any atom is 0.350 e. The van der Waals surface area contributed by atoms with Crippen LogP contribution in [-0.2, 0) is 14.3 Å². The third kappa shape index (κ3) is 5.72. The number of carbonyl (C=O) groups excluding carboxylic acids is 1. The third-order valence-electron chi connectivity index (χ3n) is 7.30. The Balaban J connectivity index is 0.00000387. The van der Waals surface area contributed by atoms with Crippen molar-refractivity contribution in [2.24, 2.45) is 0 Å². The Labute approximate surface area is 252 Å². The molecule has 8 nitrogen and oxygen atoms in total. The number of methoxy groups -OCH3 is 1. The Hall–Kier alpha value is -2.64. The first-order valence-corrected chi connectivity index (χ1v) is 14.1. The molecular formula is C28H31ClF2N4O4S2. The van der Waals surface area contributed by atoms with E-state index >= 15 is 4.39 Å². The molecule has 13 heteroatoms. The first-order chi connectivity index (χ1) is 19.2. The largest absolute Gasteiger partial charge is 0.359 e. The SMILES string of the molecule is C=CC(=O)N1CCN(c2nc(=O)n3c4c(c(-c5cc(Cl)c(F)cc5F)c(C)cc24)SC[C@@H]3COCOC)[C@@H](C)C1.S. The average molecular weight is 625 g/mol. The van der Waals surface area contributed by atoms with Gasteiger partial charge in [0.2, 0.25) is 5.91 Å². The number of nitrogens with zero attached hydrogens (tertiary/aromatic N) is 4. The van der Waals surface area contributed by atoms with E-state index in [2.05, 4.69) is 11.6 Å². The molecule has 41 heavy (non-hydrogen) atoms. The minimum Gasteiger partial charge on any atom is -0.359 e. The van der Waals surface area contributed by atoms with Gasteiger partial charge < -0.3 is 19.3 Å². The van der Waals surface area contributed by atoms with Gasteiger partial charge in [-0.25, -0.2) is 13.6 Å². The quantitative estimate of drug-likeness (QED) is 0.160. The maximum atomic E-state index is 15.2. The number of benzene rings is 2. The topological polar surface area (TPSA) is 76.9 Å². The lowest BCUT2D eigenvalue weighted by atomic mass is 9.96. The lowest BCUT2D eigenvalue weighted by Crippen LogP contribution is -2.54. The molecule has 0 spiro atoms. The van der Waals surface area contributed by atoms with Crippen LogP contribution in [0.15, 0.2) is 40.5 Å². The van der Waals surface area contributed by atoms with Crippen LogP contribution in [-0.4, -0.2) is 72.3 Å². The molecule has 0 bridgehead atoms. The zero-order valence-electron chi connectivity index (χ0n) is 22.9. The summed E-state index contributed by atoms with van der Waals surface area (Å²) in [6.07, 6.45) is 1.30. The van der Waals surface area contributed by atoms with Crippen LogP contribution in [0.2, 0.25) is 5.02 Å². The highest BCUT2D eigenvalue weighted by molar-refractivity contribution is 7.99. The summed E-state index contributed by atoms with van der Waals surface area (Å²) in [6, 6.07) is 3.47. The number of aryl methyl sites for hydroxylation is 1. The molecule has 3 aromatic rings. The van der Waals surface area contributed by atoms with Gasteiger partial charge in [0.15, 0.2) is 0 Å². The Bertz CT molecular complexity index is 1570. The van der Waals surface area contributed by atoms with Crippen LogP contribution >= 0.6 is 36.9 Å². The van der Waals surface area contributed by atoms with Gasteiger partial charge in [-0.15, -0.1) is 11.8 Å². The number of halogens is 3. The van der Waals surface area contributed by atoms with Crippen molar-refractivity contribution >= 4 is 59.5 Å². The summed E-state index contributed by atoms with van der Waals surface area (Å²) in [6.45, 7) is 9.06. The standard InChI is InChI=1S/C28H29ClF2N4O4S.H2S/c1-5-23(36)33-6-7-34(16(3)11-33)27-19-8-15(2)24(18-9-20(29)22(31)10-21(18)30)26-25(19)35(28(37)32-27)17(13-40-26)12-39-14-38-4;/h5,8-10,16-17H,1,6-7,11-14H2,2-4H3;1H2/t16-,17-;/m0./s1. The summed E-state index contributed by atoms with van der Waals surface area (Å²) in [4.78, 5) is 34.9. The molecule has 1 amide bonds. The minimum absolute atomic E-state index is 0. The van der Waals surface area contributed by atoms with Gasteiger partial charge in [0.25, 0.3) is 0 Å². The first-order valence-electron chi connectivity index (χ1n) is 12.8. The summed E-state index contributed by atoms with van der Waals surface area (Å²) in [5.41, 5.74) is 1.58. The predicted octanol–water partition coefficient (Wildman–Crippen LogP) is 4.91. The molecule has 1 aromatic heterocycles. The lowest BCUT2D eigenvalue weighted by molar-refractivity contribution is -0.126. The molecule has 0 radical (unpaired) electrons. The van der Waals surface area contributed by atoms with Crippen LogP contribution in [0.5, 0.6) is 0 Å². The fourth-order valence-corrected chi connectivity index (χ4v) is 7.01. The van der Waals surface area contributed by atoms with E-state index in [4.69, 9.17) is 21.1 Å². The van der Waals surface area contributed by atoms with Gasteiger partial charge >= 0.3 is 5.69 Å². The number of piperazine rings is 1. The molecule has 1 saturated heterocycles. The summed E-state index contributed by atoms with van der Waals surface area (Å²) in [5.74, 6) is -0.761. The van der Waals surface area contributed by atoms with Crippen LogP contribution in [0.25, 0.3) is 22.0 Å². The van der Waals surface area contributed by atoms with E-state index in [1.165, 1.54) is 31.0 Å². The molecule has 0 unspecified atom stereocenters. The van der Waals surface area contributed by atoms with Gasteiger partial charge in [0, 0.05) is 66.0 Å².